The molecule has 0 radical (unpaired) electrons. The Morgan fingerprint density at radius 2 is 2.00 bits per heavy atom. The van der Waals surface area contributed by atoms with Crippen LogP contribution in [0.25, 0.3) is 6.08 Å². The largest absolute Gasteiger partial charge is 0.548 e. The van der Waals surface area contributed by atoms with Crippen LogP contribution in [-0.2, 0) is 14.4 Å². The highest BCUT2D eigenvalue weighted by Gasteiger charge is 2.41. The number of benzene rings is 1. The van der Waals surface area contributed by atoms with E-state index in [9.17, 15) is 19.5 Å². The molecule has 2 saturated heterocycles. The molecule has 2 aliphatic heterocycles. The predicted molar refractivity (Wildman–Crippen MR) is 105 cm³/mol. The maximum atomic E-state index is 12.9. The maximum Gasteiger partial charge on any atom is 0.266 e. The first kappa shape index (κ1) is 19.6. The smallest absolute Gasteiger partial charge is 0.266 e. The SMILES string of the molecule is C[C@@H](C(=O)N1CCCC[C@@H]1C(=O)[O-])N1C(=O)/C(=C/c2ccccc2)SC1=S. The van der Waals surface area contributed by atoms with Gasteiger partial charge in [0.1, 0.15) is 10.4 Å². The van der Waals surface area contributed by atoms with Crippen LogP contribution in [-0.4, -0.2) is 50.5 Å². The molecule has 1 aromatic carbocycles. The summed E-state index contributed by atoms with van der Waals surface area (Å²) in [4.78, 5) is 40.1. The van der Waals surface area contributed by atoms with E-state index in [1.807, 2.05) is 30.3 Å². The summed E-state index contributed by atoms with van der Waals surface area (Å²) in [6.07, 6.45) is 3.57. The summed E-state index contributed by atoms with van der Waals surface area (Å²) in [5.41, 5.74) is 0.866. The maximum absolute atomic E-state index is 12.9. The Balaban J connectivity index is 1.79. The second kappa shape index (κ2) is 8.22. The molecule has 2 heterocycles. The van der Waals surface area contributed by atoms with Crippen LogP contribution in [0.3, 0.4) is 0 Å². The van der Waals surface area contributed by atoms with E-state index >= 15 is 0 Å². The van der Waals surface area contributed by atoms with Crippen molar-refractivity contribution in [2.24, 2.45) is 0 Å². The standard InChI is InChI=1S/C19H20N2O4S2/c1-12(16(22)20-10-6-5-9-14(20)18(24)25)21-17(23)15(27-19(21)26)11-13-7-3-2-4-8-13/h2-4,7-8,11-12,14H,5-6,9-10H2,1H3,(H,24,25)/p-1/b15-11-/t12-,14+/m0/s1. The molecule has 0 N–H and O–H groups in total. The van der Waals surface area contributed by atoms with Gasteiger partial charge in [0.2, 0.25) is 5.91 Å². The summed E-state index contributed by atoms with van der Waals surface area (Å²) >= 11 is 6.46. The van der Waals surface area contributed by atoms with Crippen molar-refractivity contribution in [1.29, 1.82) is 0 Å². The summed E-state index contributed by atoms with van der Waals surface area (Å²) in [6.45, 7) is 1.93. The van der Waals surface area contributed by atoms with Crippen molar-refractivity contribution in [3.8, 4) is 0 Å². The van der Waals surface area contributed by atoms with E-state index in [1.54, 1.807) is 13.0 Å². The molecular weight excluding hydrogens is 384 g/mol. The number of aliphatic carboxylic acids is 1. The van der Waals surface area contributed by atoms with Crippen molar-refractivity contribution in [2.45, 2.75) is 38.3 Å². The van der Waals surface area contributed by atoms with Crippen LogP contribution in [0.1, 0.15) is 31.7 Å². The lowest BCUT2D eigenvalue weighted by atomic mass is 10.0. The molecule has 0 saturated carbocycles. The summed E-state index contributed by atoms with van der Waals surface area (Å²) < 4.78 is 0.296. The molecule has 8 heteroatoms. The molecule has 0 bridgehead atoms. The third-order valence-electron chi connectivity index (χ3n) is 4.72. The zero-order chi connectivity index (χ0) is 19.6. The number of hydrogen-bond donors (Lipinski definition) is 0. The van der Waals surface area contributed by atoms with Gasteiger partial charge in [-0.1, -0.05) is 54.3 Å². The number of carbonyl (C=O) groups is 3. The van der Waals surface area contributed by atoms with Gasteiger partial charge in [0, 0.05) is 6.54 Å². The van der Waals surface area contributed by atoms with E-state index in [0.29, 0.717) is 22.2 Å². The van der Waals surface area contributed by atoms with Crippen molar-refractivity contribution in [3.63, 3.8) is 0 Å². The summed E-state index contributed by atoms with van der Waals surface area (Å²) in [5, 5.41) is 11.4. The van der Waals surface area contributed by atoms with Crippen LogP contribution in [0.15, 0.2) is 35.2 Å². The predicted octanol–water partition coefficient (Wildman–Crippen LogP) is 1.41. The highest BCUT2D eigenvalue weighted by atomic mass is 32.2. The van der Waals surface area contributed by atoms with Crippen molar-refractivity contribution in [2.75, 3.05) is 6.54 Å². The first-order chi connectivity index (χ1) is 12.9. The van der Waals surface area contributed by atoms with Crippen molar-refractivity contribution in [1.82, 2.24) is 9.80 Å². The van der Waals surface area contributed by atoms with Crippen molar-refractivity contribution in [3.05, 3.63) is 40.8 Å². The molecule has 2 aliphatic rings. The molecule has 142 valence electrons. The second-order valence-electron chi connectivity index (χ2n) is 6.50. The average Bonchev–Trinajstić information content (AvgIpc) is 2.94. The molecule has 2 fully saturated rings. The number of hydrogen-bond acceptors (Lipinski definition) is 6. The van der Waals surface area contributed by atoms with Crippen LogP contribution in [0.4, 0.5) is 0 Å². The molecule has 2 atom stereocenters. The minimum atomic E-state index is -1.26. The fourth-order valence-corrected chi connectivity index (χ4v) is 4.72. The van der Waals surface area contributed by atoms with E-state index in [4.69, 9.17) is 12.2 Å². The molecule has 0 unspecified atom stereocenters. The Hall–Kier alpha value is -2.19. The minimum Gasteiger partial charge on any atom is -0.548 e. The van der Waals surface area contributed by atoms with E-state index < -0.39 is 24.0 Å². The number of thiocarbonyl (C=S) groups is 1. The molecule has 0 aromatic heterocycles. The number of carboxylic acid groups (broad SMARTS) is 1. The number of carbonyl (C=O) groups excluding carboxylic acids is 3. The Morgan fingerprint density at radius 3 is 2.67 bits per heavy atom. The van der Waals surface area contributed by atoms with Crippen LogP contribution in [0.5, 0.6) is 0 Å². The third kappa shape index (κ3) is 4.06. The van der Waals surface area contributed by atoms with E-state index in [0.717, 1.165) is 30.2 Å². The molecule has 3 rings (SSSR count). The quantitative estimate of drug-likeness (QED) is 0.559. The Kier molecular flexibility index (Phi) is 5.96. The van der Waals surface area contributed by atoms with E-state index in [1.165, 1.54) is 9.80 Å². The van der Waals surface area contributed by atoms with Gasteiger partial charge in [0.25, 0.3) is 5.91 Å². The number of carboxylic acids is 1. The molecule has 27 heavy (non-hydrogen) atoms. The lowest BCUT2D eigenvalue weighted by molar-refractivity contribution is -0.312. The summed E-state index contributed by atoms with van der Waals surface area (Å²) in [6, 6.07) is 7.56. The van der Waals surface area contributed by atoms with Gasteiger partial charge < -0.3 is 14.8 Å². The number of nitrogens with zero attached hydrogens (tertiary/aromatic N) is 2. The lowest BCUT2D eigenvalue weighted by Crippen LogP contribution is -2.57. The number of likely N-dealkylation sites (tertiary alicyclic amines) is 1. The van der Waals surface area contributed by atoms with Gasteiger partial charge in [0.05, 0.1) is 16.9 Å². The van der Waals surface area contributed by atoms with Gasteiger partial charge in [-0.3, -0.25) is 14.5 Å². The zero-order valence-electron chi connectivity index (χ0n) is 14.8. The van der Waals surface area contributed by atoms with Gasteiger partial charge in [-0.15, -0.1) is 0 Å². The van der Waals surface area contributed by atoms with Crippen molar-refractivity contribution >= 4 is 52.2 Å². The zero-order valence-corrected chi connectivity index (χ0v) is 16.4. The highest BCUT2D eigenvalue weighted by Crippen LogP contribution is 2.34. The first-order valence-corrected chi connectivity index (χ1v) is 9.96. The number of amides is 2. The summed E-state index contributed by atoms with van der Waals surface area (Å²) in [5.74, 6) is -2.01. The monoisotopic (exact) mass is 403 g/mol. The van der Waals surface area contributed by atoms with Crippen LogP contribution in [0.2, 0.25) is 0 Å². The second-order valence-corrected chi connectivity index (χ2v) is 8.18. The molecule has 0 aliphatic carbocycles. The van der Waals surface area contributed by atoms with Gasteiger partial charge >= 0.3 is 0 Å². The van der Waals surface area contributed by atoms with Crippen LogP contribution in [0, 0.1) is 0 Å². The normalized spacial score (nSPS) is 23.0. The Labute approximate surface area is 167 Å². The van der Waals surface area contributed by atoms with Crippen molar-refractivity contribution < 1.29 is 19.5 Å². The average molecular weight is 404 g/mol. The topological polar surface area (TPSA) is 80.8 Å². The number of rotatable bonds is 4. The highest BCUT2D eigenvalue weighted by molar-refractivity contribution is 8.26. The Bertz CT molecular complexity index is 809. The lowest BCUT2D eigenvalue weighted by Gasteiger charge is -2.39. The molecule has 6 nitrogen and oxygen atoms in total. The molecule has 1 aromatic rings. The van der Waals surface area contributed by atoms with Crippen LogP contribution >= 0.6 is 24.0 Å². The molecule has 2 amide bonds. The van der Waals surface area contributed by atoms with E-state index in [-0.39, 0.29) is 5.91 Å². The fraction of sp³-hybridized carbons (Fsp3) is 0.368. The third-order valence-corrected chi connectivity index (χ3v) is 6.05. The Morgan fingerprint density at radius 1 is 1.30 bits per heavy atom. The minimum absolute atomic E-state index is 0.296. The van der Waals surface area contributed by atoms with Gasteiger partial charge in [0.15, 0.2) is 0 Å². The van der Waals surface area contributed by atoms with Crippen LogP contribution < -0.4 is 5.11 Å². The van der Waals surface area contributed by atoms with Gasteiger partial charge in [-0.05, 0) is 37.8 Å². The fourth-order valence-electron chi connectivity index (χ4n) is 3.31. The first-order valence-electron chi connectivity index (χ1n) is 8.73. The number of thioether (sulfide) groups is 1. The number of piperidine rings is 1. The van der Waals surface area contributed by atoms with Gasteiger partial charge in [-0.2, -0.15) is 0 Å². The van der Waals surface area contributed by atoms with E-state index in [2.05, 4.69) is 0 Å². The molecule has 0 spiro atoms. The molecular formula is C19H19N2O4S2-. The summed E-state index contributed by atoms with van der Waals surface area (Å²) in [7, 11) is 0. The van der Waals surface area contributed by atoms with Gasteiger partial charge in [-0.25, -0.2) is 0 Å².